The fraction of sp³-hybridized carbons (Fsp3) is 0.278. The number of methoxy groups -OCH3 is 2. The molecule has 2 rings (SSSR count). The molecule has 0 aliphatic heterocycles. The van der Waals surface area contributed by atoms with E-state index in [0.717, 1.165) is 24.1 Å². The van der Waals surface area contributed by atoms with Crippen molar-refractivity contribution in [1.82, 2.24) is 0 Å². The van der Waals surface area contributed by atoms with Crippen molar-refractivity contribution in [2.75, 3.05) is 26.1 Å². The highest BCUT2D eigenvalue weighted by Crippen LogP contribution is 2.29. The number of aliphatic imine (C=N–C) groups is 1. The second kappa shape index (κ2) is 8.67. The van der Waals surface area contributed by atoms with E-state index in [4.69, 9.17) is 15.2 Å². The monoisotopic (exact) mass is 329 g/mol. The van der Waals surface area contributed by atoms with E-state index in [1.54, 1.807) is 38.5 Å². The van der Waals surface area contributed by atoms with E-state index in [1.165, 1.54) is 0 Å². The molecule has 0 fully saturated rings. The summed E-state index contributed by atoms with van der Waals surface area (Å²) in [7, 11) is 3.18. The molecule has 6 nitrogen and oxygen atoms in total. The highest BCUT2D eigenvalue weighted by molar-refractivity contribution is 5.92. The molecule has 0 aromatic heterocycles. The Labute approximate surface area is 141 Å². The number of phenolic OH excluding ortho intramolecular Hbond substituents is 1. The third kappa shape index (κ3) is 5.08. The highest BCUT2D eigenvalue weighted by Gasteiger charge is 2.05. The normalized spacial score (nSPS) is 11.2. The topological polar surface area (TPSA) is 89.1 Å². The van der Waals surface area contributed by atoms with Crippen molar-refractivity contribution in [3.63, 3.8) is 0 Å². The lowest BCUT2D eigenvalue weighted by Crippen LogP contribution is -2.22. The second-order valence-corrected chi connectivity index (χ2v) is 5.23. The van der Waals surface area contributed by atoms with Gasteiger partial charge in [-0.3, -0.25) is 4.99 Å². The number of hydrogen-bond acceptors (Lipinski definition) is 4. The minimum atomic E-state index is 0.278. The van der Waals surface area contributed by atoms with E-state index in [2.05, 4.69) is 10.3 Å². The number of nitrogens with zero attached hydrogens (tertiary/aromatic N) is 1. The average Bonchev–Trinajstić information content (AvgIpc) is 2.60. The number of nitrogens with one attached hydrogen (secondary N) is 1. The molecule has 128 valence electrons. The van der Waals surface area contributed by atoms with E-state index in [-0.39, 0.29) is 5.75 Å². The van der Waals surface area contributed by atoms with Crippen molar-refractivity contribution >= 4 is 11.6 Å². The molecule has 0 saturated carbocycles. The van der Waals surface area contributed by atoms with Crippen LogP contribution in [0.15, 0.2) is 47.5 Å². The van der Waals surface area contributed by atoms with Gasteiger partial charge in [-0.15, -0.1) is 0 Å². The van der Waals surface area contributed by atoms with Crippen LogP contribution in [-0.4, -0.2) is 31.8 Å². The van der Waals surface area contributed by atoms with Crippen LogP contribution >= 0.6 is 0 Å². The van der Waals surface area contributed by atoms with E-state index in [0.29, 0.717) is 24.0 Å². The van der Waals surface area contributed by atoms with Gasteiger partial charge in [-0.2, -0.15) is 0 Å². The number of hydrogen-bond donors (Lipinski definition) is 3. The van der Waals surface area contributed by atoms with Gasteiger partial charge < -0.3 is 25.6 Å². The van der Waals surface area contributed by atoms with Crippen molar-refractivity contribution in [1.29, 1.82) is 0 Å². The van der Waals surface area contributed by atoms with Gasteiger partial charge in [0.05, 0.1) is 14.2 Å². The second-order valence-electron chi connectivity index (χ2n) is 5.23. The largest absolute Gasteiger partial charge is 0.508 e. The highest BCUT2D eigenvalue weighted by atomic mass is 16.5. The third-order valence-corrected chi connectivity index (χ3v) is 3.50. The Bertz CT molecular complexity index is 684. The predicted octanol–water partition coefficient (Wildman–Crippen LogP) is 2.77. The molecule has 0 saturated heterocycles. The summed E-state index contributed by atoms with van der Waals surface area (Å²) in [4.78, 5) is 4.31. The van der Waals surface area contributed by atoms with E-state index in [9.17, 15) is 5.11 Å². The number of aromatic hydroxyl groups is 1. The molecule has 0 spiro atoms. The molecule has 0 atom stereocenters. The van der Waals surface area contributed by atoms with Crippen LogP contribution in [0, 0.1) is 0 Å². The van der Waals surface area contributed by atoms with E-state index < -0.39 is 0 Å². The fourth-order valence-electron chi connectivity index (χ4n) is 2.25. The van der Waals surface area contributed by atoms with Crippen LogP contribution in [0.25, 0.3) is 0 Å². The van der Waals surface area contributed by atoms with Crippen molar-refractivity contribution in [3.05, 3.63) is 48.0 Å². The lowest BCUT2D eigenvalue weighted by atomic mass is 10.1. The summed E-state index contributed by atoms with van der Waals surface area (Å²) in [5, 5.41) is 12.3. The Morgan fingerprint density at radius 1 is 1.08 bits per heavy atom. The van der Waals surface area contributed by atoms with Gasteiger partial charge in [0.2, 0.25) is 0 Å². The lowest BCUT2D eigenvalue weighted by molar-refractivity contribution is 0.355. The number of ether oxygens (including phenoxy) is 2. The number of phenols is 1. The molecule has 0 aliphatic carbocycles. The SMILES string of the molecule is COc1ccc(NC(N)=NCCCc2ccc(O)cc2)cc1OC. The standard InChI is InChI=1S/C18H23N3O3/c1-23-16-10-7-14(12-17(16)24-2)21-18(19)20-11-3-4-13-5-8-15(22)9-6-13/h5-10,12,22H,3-4,11H2,1-2H3,(H3,19,20,21). The van der Waals surface area contributed by atoms with Gasteiger partial charge in [-0.05, 0) is 42.7 Å². The van der Waals surface area contributed by atoms with Gasteiger partial charge in [0.1, 0.15) is 5.75 Å². The van der Waals surface area contributed by atoms with Crippen LogP contribution in [0.5, 0.6) is 17.2 Å². The van der Waals surface area contributed by atoms with Crippen molar-refractivity contribution in [2.45, 2.75) is 12.8 Å². The molecule has 0 unspecified atom stereocenters. The van der Waals surface area contributed by atoms with Crippen molar-refractivity contribution in [3.8, 4) is 17.2 Å². The molecular weight excluding hydrogens is 306 g/mol. The van der Waals surface area contributed by atoms with Crippen LogP contribution in [0.2, 0.25) is 0 Å². The van der Waals surface area contributed by atoms with Crippen LogP contribution in [0.4, 0.5) is 5.69 Å². The maximum absolute atomic E-state index is 9.25. The molecular formula is C18H23N3O3. The molecule has 0 radical (unpaired) electrons. The number of rotatable bonds is 7. The number of anilines is 1. The van der Waals surface area contributed by atoms with Gasteiger partial charge in [-0.1, -0.05) is 12.1 Å². The number of benzene rings is 2. The minimum Gasteiger partial charge on any atom is -0.508 e. The Morgan fingerprint density at radius 3 is 2.46 bits per heavy atom. The smallest absolute Gasteiger partial charge is 0.193 e. The summed E-state index contributed by atoms with van der Waals surface area (Å²) in [5.41, 5.74) is 7.85. The first-order chi connectivity index (χ1) is 11.6. The maximum atomic E-state index is 9.25. The van der Waals surface area contributed by atoms with Gasteiger partial charge in [0, 0.05) is 18.3 Å². The van der Waals surface area contributed by atoms with Crippen LogP contribution in [-0.2, 0) is 6.42 Å². The zero-order chi connectivity index (χ0) is 17.4. The Hall–Kier alpha value is -2.89. The molecule has 0 aliphatic rings. The number of aryl methyl sites for hydroxylation is 1. The number of guanidine groups is 1. The third-order valence-electron chi connectivity index (χ3n) is 3.50. The summed E-state index contributed by atoms with van der Waals surface area (Å²) in [6.45, 7) is 0.618. The first-order valence-corrected chi connectivity index (χ1v) is 7.69. The van der Waals surface area contributed by atoms with Crippen LogP contribution in [0.3, 0.4) is 0 Å². The zero-order valence-electron chi connectivity index (χ0n) is 14.0. The molecule has 0 bridgehead atoms. The zero-order valence-corrected chi connectivity index (χ0v) is 14.0. The molecule has 0 heterocycles. The molecule has 2 aromatic rings. The maximum Gasteiger partial charge on any atom is 0.193 e. The van der Waals surface area contributed by atoms with Crippen molar-refractivity contribution < 1.29 is 14.6 Å². The quantitative estimate of drug-likeness (QED) is 0.413. The van der Waals surface area contributed by atoms with E-state index >= 15 is 0 Å². The van der Waals surface area contributed by atoms with Gasteiger partial charge in [0.25, 0.3) is 0 Å². The summed E-state index contributed by atoms with van der Waals surface area (Å²) < 4.78 is 10.4. The van der Waals surface area contributed by atoms with E-state index in [1.807, 2.05) is 18.2 Å². The minimum absolute atomic E-state index is 0.278. The van der Waals surface area contributed by atoms with Gasteiger partial charge in [0.15, 0.2) is 17.5 Å². The van der Waals surface area contributed by atoms with Crippen molar-refractivity contribution in [2.24, 2.45) is 10.7 Å². The Kier molecular flexibility index (Phi) is 6.31. The summed E-state index contributed by atoms with van der Waals surface area (Å²) in [6.07, 6.45) is 1.76. The Morgan fingerprint density at radius 2 is 1.79 bits per heavy atom. The molecule has 6 heteroatoms. The average molecular weight is 329 g/mol. The summed E-state index contributed by atoms with van der Waals surface area (Å²) in [5.74, 6) is 1.92. The number of nitrogens with two attached hydrogens (primary N) is 1. The first kappa shape index (κ1) is 17.5. The summed E-state index contributed by atoms with van der Waals surface area (Å²) >= 11 is 0. The molecule has 24 heavy (non-hydrogen) atoms. The molecule has 2 aromatic carbocycles. The summed E-state index contributed by atoms with van der Waals surface area (Å²) in [6, 6.07) is 12.6. The fourth-order valence-corrected chi connectivity index (χ4v) is 2.25. The molecule has 0 amide bonds. The van der Waals surface area contributed by atoms with Gasteiger partial charge >= 0.3 is 0 Å². The molecule has 4 N–H and O–H groups in total. The lowest BCUT2D eigenvalue weighted by Gasteiger charge is -2.11. The van der Waals surface area contributed by atoms with Crippen LogP contribution < -0.4 is 20.5 Å². The Balaban J connectivity index is 1.84. The van der Waals surface area contributed by atoms with Crippen LogP contribution in [0.1, 0.15) is 12.0 Å². The first-order valence-electron chi connectivity index (χ1n) is 7.69. The van der Waals surface area contributed by atoms with Gasteiger partial charge in [-0.25, -0.2) is 0 Å². The predicted molar refractivity (Wildman–Crippen MR) is 96.1 cm³/mol.